The van der Waals surface area contributed by atoms with E-state index in [1.807, 2.05) is 0 Å². The highest BCUT2D eigenvalue weighted by molar-refractivity contribution is 6.32. The summed E-state index contributed by atoms with van der Waals surface area (Å²) in [5, 5.41) is 14.6. The fraction of sp³-hybridized carbons (Fsp3) is 0.118. The second-order valence-corrected chi connectivity index (χ2v) is 5.78. The minimum Gasteiger partial charge on any atom is -0.381 e. The molecule has 1 fully saturated rings. The first kappa shape index (κ1) is 15.9. The summed E-state index contributed by atoms with van der Waals surface area (Å²) in [6.45, 7) is 0. The van der Waals surface area contributed by atoms with Crippen LogP contribution in [0.4, 0.5) is 15.8 Å². The van der Waals surface area contributed by atoms with Crippen LogP contribution >= 0.6 is 0 Å². The van der Waals surface area contributed by atoms with Gasteiger partial charge in [-0.05, 0) is 30.3 Å². The molecule has 9 heteroatoms. The van der Waals surface area contributed by atoms with Crippen LogP contribution in [-0.2, 0) is 14.4 Å². The van der Waals surface area contributed by atoms with E-state index in [0.717, 1.165) is 11.0 Å². The highest BCUT2D eigenvalue weighted by atomic mass is 19.1. The number of anilines is 1. The van der Waals surface area contributed by atoms with E-state index in [-0.39, 0.29) is 17.1 Å². The molecule has 0 radical (unpaired) electrons. The lowest BCUT2D eigenvalue weighted by atomic mass is 9.94. The number of carbonyl (C=O) groups is 2. The summed E-state index contributed by atoms with van der Waals surface area (Å²) in [5.41, 5.74) is 0.647. The van der Waals surface area contributed by atoms with Crippen LogP contribution in [0.1, 0.15) is 5.56 Å². The summed E-state index contributed by atoms with van der Waals surface area (Å²) in [5.74, 6) is -2.77. The molecule has 8 nitrogen and oxygen atoms in total. The van der Waals surface area contributed by atoms with Crippen molar-refractivity contribution in [2.45, 2.75) is 6.10 Å². The van der Waals surface area contributed by atoms with E-state index >= 15 is 0 Å². The Morgan fingerprint density at radius 3 is 2.50 bits per heavy atom. The molecule has 2 amide bonds. The van der Waals surface area contributed by atoms with E-state index in [4.69, 9.17) is 4.84 Å². The first-order valence-electron chi connectivity index (χ1n) is 7.59. The number of hydrogen-bond donors (Lipinski definition) is 0. The molecule has 2 aromatic rings. The Balaban J connectivity index is 1.67. The van der Waals surface area contributed by atoms with Gasteiger partial charge in [0.15, 0.2) is 0 Å². The molecule has 2 aromatic carbocycles. The first-order chi connectivity index (χ1) is 12.5. The number of nitro groups is 1. The third-order valence-electron chi connectivity index (χ3n) is 4.25. The normalized spacial score (nSPS) is 21.4. The van der Waals surface area contributed by atoms with Gasteiger partial charge < -0.3 is 4.84 Å². The van der Waals surface area contributed by atoms with Crippen molar-refractivity contribution in [2.75, 3.05) is 4.90 Å². The van der Waals surface area contributed by atoms with Crippen LogP contribution in [-0.4, -0.2) is 28.6 Å². The zero-order chi connectivity index (χ0) is 18.4. The Labute approximate surface area is 145 Å². The second-order valence-electron chi connectivity index (χ2n) is 5.78. The van der Waals surface area contributed by atoms with E-state index in [9.17, 15) is 24.1 Å². The van der Waals surface area contributed by atoms with Crippen molar-refractivity contribution in [1.29, 1.82) is 0 Å². The zero-order valence-corrected chi connectivity index (χ0v) is 13.0. The van der Waals surface area contributed by atoms with Crippen molar-refractivity contribution in [3.8, 4) is 0 Å². The number of fused-ring (bicyclic) bond motifs is 1. The molecule has 0 N–H and O–H groups in total. The van der Waals surface area contributed by atoms with Crippen LogP contribution in [0, 0.1) is 21.8 Å². The zero-order valence-electron chi connectivity index (χ0n) is 13.0. The fourth-order valence-corrected chi connectivity index (χ4v) is 3.04. The molecule has 2 atom stereocenters. The third kappa shape index (κ3) is 2.32. The molecule has 0 bridgehead atoms. The number of rotatable bonds is 3. The predicted octanol–water partition coefficient (Wildman–Crippen LogP) is 2.03. The van der Waals surface area contributed by atoms with Gasteiger partial charge in [-0.25, -0.2) is 9.29 Å². The number of amides is 2. The van der Waals surface area contributed by atoms with Crippen LogP contribution in [0.25, 0.3) is 0 Å². The van der Waals surface area contributed by atoms with E-state index < -0.39 is 34.6 Å². The average Bonchev–Trinajstić information content (AvgIpc) is 3.16. The Kier molecular flexibility index (Phi) is 3.50. The largest absolute Gasteiger partial charge is 0.381 e. The fourth-order valence-electron chi connectivity index (χ4n) is 3.04. The summed E-state index contributed by atoms with van der Waals surface area (Å²) in [7, 11) is 0. The van der Waals surface area contributed by atoms with Crippen LogP contribution in [0.2, 0.25) is 0 Å². The Morgan fingerprint density at radius 1 is 1.12 bits per heavy atom. The SMILES string of the molecule is O=C1[C@H]2C(c3ccc([N+](=O)[O-])cc3)=NO[C@H]2C(=O)N1c1cccc(F)c1. The van der Waals surface area contributed by atoms with Crippen molar-refractivity contribution in [2.24, 2.45) is 11.1 Å². The Morgan fingerprint density at radius 2 is 1.85 bits per heavy atom. The highest BCUT2D eigenvalue weighted by Crippen LogP contribution is 2.35. The van der Waals surface area contributed by atoms with Gasteiger partial charge in [-0.2, -0.15) is 0 Å². The van der Waals surface area contributed by atoms with Crippen molar-refractivity contribution in [1.82, 2.24) is 0 Å². The van der Waals surface area contributed by atoms with Gasteiger partial charge in [-0.3, -0.25) is 19.7 Å². The Bertz CT molecular complexity index is 973. The maximum Gasteiger partial charge on any atom is 0.278 e. The van der Waals surface area contributed by atoms with E-state index in [1.165, 1.54) is 42.5 Å². The molecule has 0 spiro atoms. The maximum atomic E-state index is 13.5. The lowest BCUT2D eigenvalue weighted by molar-refractivity contribution is -0.384. The Hall–Kier alpha value is -3.62. The monoisotopic (exact) mass is 355 g/mol. The summed E-state index contributed by atoms with van der Waals surface area (Å²) in [6, 6.07) is 10.5. The van der Waals surface area contributed by atoms with Crippen molar-refractivity contribution < 1.29 is 23.7 Å². The number of nitro benzene ring substituents is 1. The maximum absolute atomic E-state index is 13.5. The van der Waals surface area contributed by atoms with Crippen molar-refractivity contribution >= 4 is 28.9 Å². The van der Waals surface area contributed by atoms with Crippen LogP contribution in [0.15, 0.2) is 53.7 Å². The molecule has 2 aliphatic heterocycles. The predicted molar refractivity (Wildman–Crippen MR) is 86.9 cm³/mol. The summed E-state index contributed by atoms with van der Waals surface area (Å²) in [6.07, 6.45) is -1.13. The molecular formula is C17H10FN3O5. The molecule has 4 rings (SSSR count). The van der Waals surface area contributed by atoms with Gasteiger partial charge >= 0.3 is 0 Å². The molecule has 1 saturated heterocycles. The topological polar surface area (TPSA) is 102 Å². The van der Waals surface area contributed by atoms with Crippen molar-refractivity contribution in [3.05, 3.63) is 70.0 Å². The lowest BCUT2D eigenvalue weighted by Crippen LogP contribution is -2.33. The molecule has 130 valence electrons. The van der Waals surface area contributed by atoms with Gasteiger partial charge in [0.2, 0.25) is 12.0 Å². The molecule has 0 saturated carbocycles. The number of benzene rings is 2. The van der Waals surface area contributed by atoms with Crippen LogP contribution in [0.5, 0.6) is 0 Å². The van der Waals surface area contributed by atoms with Gasteiger partial charge in [-0.15, -0.1) is 0 Å². The lowest BCUT2D eigenvalue weighted by Gasteiger charge is -2.15. The van der Waals surface area contributed by atoms with Crippen LogP contribution < -0.4 is 4.90 Å². The van der Waals surface area contributed by atoms with Gasteiger partial charge in [0.1, 0.15) is 17.4 Å². The molecular weight excluding hydrogens is 345 g/mol. The average molecular weight is 355 g/mol. The van der Waals surface area contributed by atoms with Gasteiger partial charge in [0.05, 0.1) is 10.6 Å². The minimum absolute atomic E-state index is 0.111. The van der Waals surface area contributed by atoms with Gasteiger partial charge in [-0.1, -0.05) is 11.2 Å². The first-order valence-corrected chi connectivity index (χ1v) is 7.59. The number of nitrogens with zero attached hydrogens (tertiary/aromatic N) is 3. The summed E-state index contributed by atoms with van der Waals surface area (Å²) >= 11 is 0. The van der Waals surface area contributed by atoms with Crippen molar-refractivity contribution in [3.63, 3.8) is 0 Å². The van der Waals surface area contributed by atoms with Crippen LogP contribution in [0.3, 0.4) is 0 Å². The number of halogens is 1. The highest BCUT2D eigenvalue weighted by Gasteiger charge is 2.56. The molecule has 0 aliphatic carbocycles. The smallest absolute Gasteiger partial charge is 0.278 e. The van der Waals surface area contributed by atoms with Gasteiger partial charge in [0, 0.05) is 17.7 Å². The minimum atomic E-state index is -1.13. The van der Waals surface area contributed by atoms with E-state index in [1.54, 1.807) is 0 Å². The molecule has 0 aromatic heterocycles. The molecule has 26 heavy (non-hydrogen) atoms. The molecule has 0 unspecified atom stereocenters. The van der Waals surface area contributed by atoms with Gasteiger partial charge in [0.25, 0.3) is 11.6 Å². The number of imide groups is 1. The summed E-state index contributed by atoms with van der Waals surface area (Å²) < 4.78 is 13.5. The standard InChI is InChI=1S/C17H10FN3O5/c18-10-2-1-3-12(8-10)20-16(22)13-14(19-26-15(13)17(20)23)9-4-6-11(7-5-9)21(24)25/h1-8,13,15H/t13-,15+/m0/s1. The second kappa shape index (κ2) is 5.73. The summed E-state index contributed by atoms with van der Waals surface area (Å²) in [4.78, 5) is 41.5. The quantitative estimate of drug-likeness (QED) is 0.476. The molecule has 2 heterocycles. The third-order valence-corrected chi connectivity index (χ3v) is 4.25. The number of hydrogen-bond acceptors (Lipinski definition) is 6. The molecule has 2 aliphatic rings. The number of non-ortho nitro benzene ring substituents is 1. The van der Waals surface area contributed by atoms with E-state index in [0.29, 0.717) is 5.56 Å². The van der Waals surface area contributed by atoms with E-state index in [2.05, 4.69) is 5.16 Å². The number of carbonyl (C=O) groups excluding carboxylic acids is 2. The number of oxime groups is 1.